The van der Waals surface area contributed by atoms with Gasteiger partial charge in [-0.15, -0.1) is 0 Å². The van der Waals surface area contributed by atoms with Gasteiger partial charge in [0.1, 0.15) is 13.2 Å². The molecule has 82 heavy (non-hydrogen) atoms. The van der Waals surface area contributed by atoms with Gasteiger partial charge in [0.25, 0.3) is 0 Å². The molecule has 0 aromatic heterocycles. The molecule has 6 nitrogen and oxygen atoms in total. The highest BCUT2D eigenvalue weighted by Crippen LogP contribution is 2.15. The number of carbonyl (C=O) groups is 3. The van der Waals surface area contributed by atoms with Crippen LogP contribution < -0.4 is 0 Å². The van der Waals surface area contributed by atoms with Crippen LogP contribution in [0.5, 0.6) is 0 Å². The summed E-state index contributed by atoms with van der Waals surface area (Å²) in [4.78, 5) is 38.3. The van der Waals surface area contributed by atoms with Gasteiger partial charge < -0.3 is 14.2 Å². The molecule has 0 rings (SSSR count). The van der Waals surface area contributed by atoms with Crippen molar-refractivity contribution in [3.8, 4) is 0 Å². The third-order valence-electron chi connectivity index (χ3n) is 13.7. The third-order valence-corrected chi connectivity index (χ3v) is 13.7. The molecule has 1 unspecified atom stereocenters. The molecule has 0 saturated heterocycles. The van der Waals surface area contributed by atoms with Crippen LogP contribution in [-0.4, -0.2) is 37.2 Å². The smallest absolute Gasteiger partial charge is 0.306 e. The monoisotopic (exact) mass is 1130 g/mol. The van der Waals surface area contributed by atoms with E-state index in [2.05, 4.69) is 179 Å². The van der Waals surface area contributed by atoms with E-state index in [0.717, 1.165) is 167 Å². The summed E-state index contributed by atoms with van der Waals surface area (Å²) in [6.07, 6.45) is 99.7. The van der Waals surface area contributed by atoms with Crippen molar-refractivity contribution >= 4 is 17.9 Å². The van der Waals surface area contributed by atoms with E-state index in [1.54, 1.807) is 0 Å². The zero-order chi connectivity index (χ0) is 59.2. The summed E-state index contributed by atoms with van der Waals surface area (Å²) in [7, 11) is 0. The standard InChI is InChI=1S/C76H122O6/c1-4-7-10-13-16-19-22-24-26-28-30-32-34-36-38-40-42-44-46-48-50-52-54-57-60-63-66-69-75(78)81-72-73(71-80-74(77)68-65-62-59-56-21-18-15-12-9-6-3)82-76(79)70-67-64-61-58-55-53-51-49-47-45-43-41-39-37-35-33-31-29-27-25-23-20-17-14-11-8-5-2/h7-8,10-12,15-17,19-20,24-27,30-33,36-39,42-45,73H,4-6,9,13-14,18,21-23,28-29,34-35,40-41,46-72H2,1-3H3/b10-7-,11-8-,15-12-,19-16-,20-17-,26-24-,27-25-,32-30-,33-31-,38-36-,39-37-,44-42-,45-43-. The molecular weight excluding hydrogens is 1010 g/mol. The Morgan fingerprint density at radius 2 is 0.476 bits per heavy atom. The van der Waals surface area contributed by atoms with Gasteiger partial charge in [0.15, 0.2) is 6.10 Å². The number of unbranched alkanes of at least 4 members (excludes halogenated alkanes) is 22. The second kappa shape index (κ2) is 68.5. The highest BCUT2D eigenvalue weighted by atomic mass is 16.6. The molecule has 0 amide bonds. The van der Waals surface area contributed by atoms with Gasteiger partial charge in [-0.3, -0.25) is 14.4 Å². The van der Waals surface area contributed by atoms with Crippen LogP contribution in [0, 0.1) is 0 Å². The molecule has 462 valence electrons. The number of allylic oxidation sites excluding steroid dienone is 26. The highest BCUT2D eigenvalue weighted by molar-refractivity contribution is 5.71. The molecule has 6 heteroatoms. The van der Waals surface area contributed by atoms with Gasteiger partial charge >= 0.3 is 17.9 Å². The molecule has 1 atom stereocenters. The fourth-order valence-electron chi connectivity index (χ4n) is 8.80. The summed E-state index contributed by atoms with van der Waals surface area (Å²) < 4.78 is 16.9. The molecule has 0 aromatic rings. The number of esters is 3. The molecule has 0 fully saturated rings. The minimum Gasteiger partial charge on any atom is -0.462 e. The van der Waals surface area contributed by atoms with E-state index in [1.165, 1.54) is 77.0 Å². The fraction of sp³-hybridized carbons (Fsp3) is 0.618. The molecule has 0 aliphatic rings. The first-order valence-electron chi connectivity index (χ1n) is 33.5. The largest absolute Gasteiger partial charge is 0.462 e. The lowest BCUT2D eigenvalue weighted by molar-refractivity contribution is -0.167. The van der Waals surface area contributed by atoms with Gasteiger partial charge in [0.05, 0.1) is 0 Å². The van der Waals surface area contributed by atoms with Crippen LogP contribution in [-0.2, 0) is 28.6 Å². The van der Waals surface area contributed by atoms with Crippen LogP contribution in [0.4, 0.5) is 0 Å². The summed E-state index contributed by atoms with van der Waals surface area (Å²) in [5.74, 6) is -0.922. The van der Waals surface area contributed by atoms with E-state index in [4.69, 9.17) is 14.2 Å². The molecular formula is C76H122O6. The molecule has 0 aromatic carbocycles. The zero-order valence-corrected chi connectivity index (χ0v) is 52.9. The predicted molar refractivity (Wildman–Crippen MR) is 357 cm³/mol. The molecule has 0 heterocycles. The van der Waals surface area contributed by atoms with Crippen molar-refractivity contribution in [2.24, 2.45) is 0 Å². The van der Waals surface area contributed by atoms with E-state index in [-0.39, 0.29) is 31.1 Å². The van der Waals surface area contributed by atoms with Crippen LogP contribution in [0.2, 0.25) is 0 Å². The van der Waals surface area contributed by atoms with Gasteiger partial charge in [-0.25, -0.2) is 0 Å². The molecule has 0 spiro atoms. The minimum absolute atomic E-state index is 0.0938. The number of rotatable bonds is 59. The first-order chi connectivity index (χ1) is 40.5. The van der Waals surface area contributed by atoms with Crippen molar-refractivity contribution in [3.05, 3.63) is 158 Å². The van der Waals surface area contributed by atoms with E-state index >= 15 is 0 Å². The fourth-order valence-corrected chi connectivity index (χ4v) is 8.80. The lowest BCUT2D eigenvalue weighted by Crippen LogP contribution is -2.30. The number of hydrogen-bond acceptors (Lipinski definition) is 6. The van der Waals surface area contributed by atoms with E-state index in [0.29, 0.717) is 19.3 Å². The summed E-state index contributed by atoms with van der Waals surface area (Å²) in [5, 5.41) is 0. The third kappa shape index (κ3) is 65.8. The van der Waals surface area contributed by atoms with E-state index in [1.807, 2.05) is 0 Å². The van der Waals surface area contributed by atoms with Crippen molar-refractivity contribution in [2.75, 3.05) is 13.2 Å². The van der Waals surface area contributed by atoms with E-state index < -0.39 is 6.10 Å². The maximum Gasteiger partial charge on any atom is 0.306 e. The highest BCUT2D eigenvalue weighted by Gasteiger charge is 2.19. The second-order valence-electron chi connectivity index (χ2n) is 21.6. The van der Waals surface area contributed by atoms with Crippen molar-refractivity contribution in [3.63, 3.8) is 0 Å². The van der Waals surface area contributed by atoms with Crippen molar-refractivity contribution in [1.82, 2.24) is 0 Å². The summed E-state index contributed by atoms with van der Waals surface area (Å²) >= 11 is 0. The van der Waals surface area contributed by atoms with Crippen molar-refractivity contribution in [2.45, 2.75) is 290 Å². The molecule has 0 radical (unpaired) electrons. The van der Waals surface area contributed by atoms with Crippen LogP contribution >= 0.6 is 0 Å². The molecule has 0 bridgehead atoms. The van der Waals surface area contributed by atoms with Crippen LogP contribution in [0.15, 0.2) is 158 Å². The molecule has 0 aliphatic carbocycles. The summed E-state index contributed by atoms with van der Waals surface area (Å²) in [6.45, 7) is 6.33. The molecule has 0 saturated carbocycles. The Morgan fingerprint density at radius 1 is 0.256 bits per heavy atom. The zero-order valence-electron chi connectivity index (χ0n) is 52.9. The predicted octanol–water partition coefficient (Wildman–Crippen LogP) is 23.3. The van der Waals surface area contributed by atoms with Gasteiger partial charge in [0.2, 0.25) is 0 Å². The molecule has 0 N–H and O–H groups in total. The van der Waals surface area contributed by atoms with Gasteiger partial charge in [-0.2, -0.15) is 0 Å². The Balaban J connectivity index is 4.31. The normalized spacial score (nSPS) is 13.2. The first kappa shape index (κ1) is 77.0. The van der Waals surface area contributed by atoms with Gasteiger partial charge in [0, 0.05) is 19.3 Å². The molecule has 0 aliphatic heterocycles. The second-order valence-corrected chi connectivity index (χ2v) is 21.6. The Labute approximate surface area is 505 Å². The topological polar surface area (TPSA) is 78.9 Å². The van der Waals surface area contributed by atoms with Crippen molar-refractivity contribution in [1.29, 1.82) is 0 Å². The van der Waals surface area contributed by atoms with Crippen LogP contribution in [0.1, 0.15) is 284 Å². The average molecular weight is 1130 g/mol. The first-order valence-corrected chi connectivity index (χ1v) is 33.5. The minimum atomic E-state index is -0.798. The maximum absolute atomic E-state index is 12.9. The van der Waals surface area contributed by atoms with Crippen LogP contribution in [0.25, 0.3) is 0 Å². The summed E-state index contributed by atoms with van der Waals surface area (Å²) in [6, 6.07) is 0. The maximum atomic E-state index is 12.9. The quantitative estimate of drug-likeness (QED) is 0.0261. The summed E-state index contributed by atoms with van der Waals surface area (Å²) in [5.41, 5.74) is 0. The average Bonchev–Trinajstić information content (AvgIpc) is 3.48. The lowest BCUT2D eigenvalue weighted by Gasteiger charge is -2.18. The van der Waals surface area contributed by atoms with Gasteiger partial charge in [-0.1, -0.05) is 281 Å². The SMILES string of the molecule is CC/C=C\C/C=C\C/C=C\C/C=C\C/C=C\C/C=C\CCCCCCCCCCC(=O)OCC(COC(=O)CCCCCCC/C=C\CCC)OC(=O)CCCCCCCCCC/C=C\C/C=C\C/C=C\C/C=C\C/C=C\C/C=C\CC. The van der Waals surface area contributed by atoms with Crippen LogP contribution in [0.3, 0.4) is 0 Å². The Morgan fingerprint density at radius 3 is 0.756 bits per heavy atom. The Hall–Kier alpha value is -4.97. The number of ether oxygens (including phenoxy) is 3. The lowest BCUT2D eigenvalue weighted by atomic mass is 10.1. The van der Waals surface area contributed by atoms with Gasteiger partial charge in [-0.05, 0) is 141 Å². The Kier molecular flexibility index (Phi) is 64.4. The number of hydrogen-bond donors (Lipinski definition) is 0. The van der Waals surface area contributed by atoms with Crippen molar-refractivity contribution < 1.29 is 28.6 Å². The van der Waals surface area contributed by atoms with E-state index in [9.17, 15) is 14.4 Å². The number of carbonyl (C=O) groups excluding carboxylic acids is 3. The Bertz CT molecular complexity index is 1830.